The molecule has 0 spiro atoms. The van der Waals surface area contributed by atoms with Crippen LogP contribution in [-0.4, -0.2) is 24.3 Å². The van der Waals surface area contributed by atoms with Crippen LogP contribution in [0.25, 0.3) is 0 Å². The van der Waals surface area contributed by atoms with Gasteiger partial charge >= 0.3 is 6.09 Å². The number of hydrogen-bond acceptors (Lipinski definition) is 3. The van der Waals surface area contributed by atoms with Gasteiger partial charge in [-0.2, -0.15) is 0 Å². The Morgan fingerprint density at radius 2 is 1.95 bits per heavy atom. The van der Waals surface area contributed by atoms with Crippen molar-refractivity contribution in [2.45, 2.75) is 64.5 Å². The monoisotopic (exact) mass is 305 g/mol. The average Bonchev–Trinajstić information content (AvgIpc) is 3.16. The molecule has 1 aliphatic carbocycles. The van der Waals surface area contributed by atoms with E-state index in [4.69, 9.17) is 9.47 Å². The van der Waals surface area contributed by atoms with Crippen LogP contribution < -0.4 is 10.1 Å². The molecule has 2 rings (SSSR count). The summed E-state index contributed by atoms with van der Waals surface area (Å²) < 4.78 is 10.9. The fourth-order valence-electron chi connectivity index (χ4n) is 2.33. The molecule has 1 aromatic carbocycles. The van der Waals surface area contributed by atoms with Crippen LogP contribution in [0.3, 0.4) is 0 Å². The molecule has 1 amide bonds. The molecule has 122 valence electrons. The van der Waals surface area contributed by atoms with Crippen molar-refractivity contribution in [3.8, 4) is 5.75 Å². The SMILES string of the molecule is CCCCOc1ccc([C@H]2C[C@@H]2NC(=O)OC(C)(C)C)cc1. The summed E-state index contributed by atoms with van der Waals surface area (Å²) in [6.07, 6.45) is 2.85. The zero-order valence-electron chi connectivity index (χ0n) is 14.0. The molecule has 22 heavy (non-hydrogen) atoms. The van der Waals surface area contributed by atoms with Crippen molar-refractivity contribution in [3.05, 3.63) is 29.8 Å². The van der Waals surface area contributed by atoms with Crippen LogP contribution in [0.5, 0.6) is 5.75 Å². The zero-order valence-corrected chi connectivity index (χ0v) is 14.0. The van der Waals surface area contributed by atoms with Crippen molar-refractivity contribution < 1.29 is 14.3 Å². The lowest BCUT2D eigenvalue weighted by Gasteiger charge is -2.19. The second-order valence-electron chi connectivity index (χ2n) is 6.87. The van der Waals surface area contributed by atoms with Gasteiger partial charge in [0.05, 0.1) is 6.61 Å². The lowest BCUT2D eigenvalue weighted by atomic mass is 10.1. The molecule has 0 aromatic heterocycles. The minimum Gasteiger partial charge on any atom is -0.494 e. The standard InChI is InChI=1S/C18H27NO3/c1-5-6-11-21-14-9-7-13(8-10-14)15-12-16(15)19-17(20)22-18(2,3)4/h7-10,15-16H,5-6,11-12H2,1-4H3,(H,19,20)/t15-,16+/m1/s1. The maximum Gasteiger partial charge on any atom is 0.407 e. The highest BCUT2D eigenvalue weighted by molar-refractivity contribution is 5.69. The molecule has 1 aliphatic rings. The van der Waals surface area contributed by atoms with Crippen molar-refractivity contribution in [1.82, 2.24) is 5.32 Å². The van der Waals surface area contributed by atoms with Crippen LogP contribution in [0.2, 0.25) is 0 Å². The van der Waals surface area contributed by atoms with Gasteiger partial charge in [0, 0.05) is 12.0 Å². The van der Waals surface area contributed by atoms with E-state index in [1.165, 1.54) is 5.56 Å². The van der Waals surface area contributed by atoms with Gasteiger partial charge in [0.1, 0.15) is 11.4 Å². The molecule has 0 bridgehead atoms. The first-order valence-corrected chi connectivity index (χ1v) is 8.11. The maximum absolute atomic E-state index is 11.7. The third-order valence-electron chi connectivity index (χ3n) is 3.57. The van der Waals surface area contributed by atoms with Gasteiger partial charge in [-0.1, -0.05) is 25.5 Å². The van der Waals surface area contributed by atoms with Gasteiger partial charge in [-0.3, -0.25) is 0 Å². The van der Waals surface area contributed by atoms with Crippen molar-refractivity contribution in [2.75, 3.05) is 6.61 Å². The van der Waals surface area contributed by atoms with Crippen LogP contribution in [0.4, 0.5) is 4.79 Å². The van der Waals surface area contributed by atoms with Crippen molar-refractivity contribution >= 4 is 6.09 Å². The number of benzene rings is 1. The quantitative estimate of drug-likeness (QED) is 0.799. The second-order valence-corrected chi connectivity index (χ2v) is 6.87. The van der Waals surface area contributed by atoms with Gasteiger partial charge in [-0.25, -0.2) is 4.79 Å². The number of amides is 1. The van der Waals surface area contributed by atoms with Crippen molar-refractivity contribution in [2.24, 2.45) is 0 Å². The fraction of sp³-hybridized carbons (Fsp3) is 0.611. The molecule has 0 saturated heterocycles. The van der Waals surface area contributed by atoms with E-state index in [0.29, 0.717) is 5.92 Å². The number of ether oxygens (including phenoxy) is 2. The topological polar surface area (TPSA) is 47.6 Å². The van der Waals surface area contributed by atoms with Gasteiger partial charge in [-0.05, 0) is 51.3 Å². The van der Waals surface area contributed by atoms with E-state index in [9.17, 15) is 4.79 Å². The summed E-state index contributed by atoms with van der Waals surface area (Å²) in [5.74, 6) is 1.30. The Kier molecular flexibility index (Phi) is 5.33. The highest BCUT2D eigenvalue weighted by Crippen LogP contribution is 2.41. The van der Waals surface area contributed by atoms with Gasteiger partial charge in [0.15, 0.2) is 0 Å². The Labute approximate surface area is 133 Å². The molecule has 4 nitrogen and oxygen atoms in total. The lowest BCUT2D eigenvalue weighted by Crippen LogP contribution is -2.34. The molecule has 2 atom stereocenters. The zero-order chi connectivity index (χ0) is 16.2. The Hall–Kier alpha value is -1.71. The molecule has 1 aromatic rings. The van der Waals surface area contributed by atoms with Crippen LogP contribution >= 0.6 is 0 Å². The van der Waals surface area contributed by atoms with Crippen LogP contribution in [-0.2, 0) is 4.74 Å². The van der Waals surface area contributed by atoms with Gasteiger partial charge in [-0.15, -0.1) is 0 Å². The maximum atomic E-state index is 11.7. The minimum atomic E-state index is -0.452. The third-order valence-corrected chi connectivity index (χ3v) is 3.57. The Bertz CT molecular complexity index is 490. The molecule has 1 saturated carbocycles. The minimum absolute atomic E-state index is 0.182. The highest BCUT2D eigenvalue weighted by atomic mass is 16.6. The first-order chi connectivity index (χ1) is 10.4. The number of alkyl carbamates (subject to hydrolysis) is 1. The molecular formula is C18H27NO3. The smallest absolute Gasteiger partial charge is 0.407 e. The molecule has 0 aliphatic heterocycles. The molecule has 1 fully saturated rings. The summed E-state index contributed by atoms with van der Waals surface area (Å²) in [5, 5.41) is 2.92. The van der Waals surface area contributed by atoms with E-state index in [1.54, 1.807) is 0 Å². The normalized spacial score (nSPS) is 20.4. The van der Waals surface area contributed by atoms with E-state index >= 15 is 0 Å². The number of rotatable bonds is 6. The molecule has 0 heterocycles. The van der Waals surface area contributed by atoms with E-state index in [2.05, 4.69) is 24.4 Å². The summed E-state index contributed by atoms with van der Waals surface area (Å²) in [6.45, 7) is 8.52. The first-order valence-electron chi connectivity index (χ1n) is 8.11. The summed E-state index contributed by atoms with van der Waals surface area (Å²) >= 11 is 0. The molecule has 0 radical (unpaired) electrons. The first kappa shape index (κ1) is 16.7. The van der Waals surface area contributed by atoms with Gasteiger partial charge in [0.25, 0.3) is 0 Å². The third kappa shape index (κ3) is 5.24. The summed E-state index contributed by atoms with van der Waals surface area (Å²) in [4.78, 5) is 11.7. The molecule has 4 heteroatoms. The Morgan fingerprint density at radius 3 is 2.55 bits per heavy atom. The molecule has 0 unspecified atom stereocenters. The van der Waals surface area contributed by atoms with Crippen LogP contribution in [0, 0.1) is 0 Å². The Morgan fingerprint density at radius 1 is 1.27 bits per heavy atom. The van der Waals surface area contributed by atoms with E-state index in [0.717, 1.165) is 31.6 Å². The van der Waals surface area contributed by atoms with E-state index in [-0.39, 0.29) is 12.1 Å². The van der Waals surface area contributed by atoms with Gasteiger partial charge < -0.3 is 14.8 Å². The Balaban J connectivity index is 1.78. The lowest BCUT2D eigenvalue weighted by molar-refractivity contribution is 0.0523. The van der Waals surface area contributed by atoms with Crippen LogP contribution in [0.15, 0.2) is 24.3 Å². The molecular weight excluding hydrogens is 278 g/mol. The number of carbonyl (C=O) groups excluding carboxylic acids is 1. The van der Waals surface area contributed by atoms with E-state index in [1.807, 2.05) is 32.9 Å². The average molecular weight is 305 g/mol. The predicted molar refractivity (Wildman–Crippen MR) is 87.4 cm³/mol. The summed E-state index contributed by atoms with van der Waals surface area (Å²) in [5.41, 5.74) is 0.787. The van der Waals surface area contributed by atoms with Gasteiger partial charge in [0.2, 0.25) is 0 Å². The summed E-state index contributed by atoms with van der Waals surface area (Å²) in [6, 6.07) is 8.37. The second kappa shape index (κ2) is 7.03. The van der Waals surface area contributed by atoms with Crippen molar-refractivity contribution in [1.29, 1.82) is 0 Å². The fourth-order valence-corrected chi connectivity index (χ4v) is 2.33. The predicted octanol–water partition coefficient (Wildman–Crippen LogP) is 4.25. The van der Waals surface area contributed by atoms with E-state index < -0.39 is 5.60 Å². The number of hydrogen-bond donors (Lipinski definition) is 1. The highest BCUT2D eigenvalue weighted by Gasteiger charge is 2.40. The summed E-state index contributed by atoms with van der Waals surface area (Å²) in [7, 11) is 0. The van der Waals surface area contributed by atoms with Crippen LogP contribution in [0.1, 0.15) is 58.4 Å². The number of unbranched alkanes of at least 4 members (excludes halogenated alkanes) is 1. The number of carbonyl (C=O) groups is 1. The largest absolute Gasteiger partial charge is 0.494 e. The van der Waals surface area contributed by atoms with Crippen molar-refractivity contribution in [3.63, 3.8) is 0 Å². The molecule has 1 N–H and O–H groups in total. The number of nitrogens with one attached hydrogen (secondary N) is 1.